The summed E-state index contributed by atoms with van der Waals surface area (Å²) in [6.45, 7) is 0. The highest BCUT2D eigenvalue weighted by Gasteiger charge is 2.11. The molecule has 5 heteroatoms. The van der Waals surface area contributed by atoms with Gasteiger partial charge in [0, 0.05) is 11.8 Å². The van der Waals surface area contributed by atoms with Gasteiger partial charge in [0.25, 0.3) is 0 Å². The van der Waals surface area contributed by atoms with Crippen LogP contribution in [0.3, 0.4) is 0 Å². The highest BCUT2D eigenvalue weighted by Crippen LogP contribution is 2.18. The number of pyridine rings is 1. The SMILES string of the molecule is BrCc1nc(-c2ccccc2)nn1-c1cccnc1. The van der Waals surface area contributed by atoms with Crippen molar-refractivity contribution in [3.05, 3.63) is 60.7 Å². The normalized spacial score (nSPS) is 10.6. The van der Waals surface area contributed by atoms with Crippen LogP contribution in [-0.4, -0.2) is 19.7 Å². The molecule has 0 spiro atoms. The van der Waals surface area contributed by atoms with Crippen LogP contribution in [0.2, 0.25) is 0 Å². The minimum atomic E-state index is 0.641. The summed E-state index contributed by atoms with van der Waals surface area (Å²) in [5, 5.41) is 5.20. The van der Waals surface area contributed by atoms with Crippen LogP contribution in [0.15, 0.2) is 54.9 Å². The van der Waals surface area contributed by atoms with Gasteiger partial charge in [-0.1, -0.05) is 46.3 Å². The molecule has 1 aromatic carbocycles. The van der Waals surface area contributed by atoms with Crippen LogP contribution in [-0.2, 0) is 5.33 Å². The zero-order valence-corrected chi connectivity index (χ0v) is 11.7. The van der Waals surface area contributed by atoms with Crippen molar-refractivity contribution < 1.29 is 0 Å². The second-order valence-electron chi connectivity index (χ2n) is 3.97. The van der Waals surface area contributed by atoms with Gasteiger partial charge in [-0.05, 0) is 12.1 Å². The van der Waals surface area contributed by atoms with E-state index in [1.165, 1.54) is 0 Å². The standard InChI is InChI=1S/C14H11BrN4/c15-9-13-17-14(11-5-2-1-3-6-11)18-19(13)12-7-4-8-16-10-12/h1-8,10H,9H2. The van der Waals surface area contributed by atoms with Crippen molar-refractivity contribution in [3.8, 4) is 17.1 Å². The fraction of sp³-hybridized carbons (Fsp3) is 0.0714. The molecule has 19 heavy (non-hydrogen) atoms. The summed E-state index contributed by atoms with van der Waals surface area (Å²) >= 11 is 3.45. The molecule has 0 saturated carbocycles. The van der Waals surface area contributed by atoms with Gasteiger partial charge >= 0.3 is 0 Å². The number of hydrogen-bond acceptors (Lipinski definition) is 3. The Morgan fingerprint density at radius 3 is 2.58 bits per heavy atom. The maximum Gasteiger partial charge on any atom is 0.181 e. The number of aromatic nitrogens is 4. The third-order valence-corrected chi connectivity index (χ3v) is 3.22. The Morgan fingerprint density at radius 1 is 1.05 bits per heavy atom. The molecule has 0 radical (unpaired) electrons. The molecule has 0 aliphatic carbocycles. The van der Waals surface area contributed by atoms with Crippen molar-refractivity contribution in [2.75, 3.05) is 0 Å². The maximum absolute atomic E-state index is 4.56. The molecule has 0 amide bonds. The average molecular weight is 315 g/mol. The van der Waals surface area contributed by atoms with Gasteiger partial charge in [0.15, 0.2) is 5.82 Å². The molecule has 0 aliphatic heterocycles. The number of alkyl halides is 1. The monoisotopic (exact) mass is 314 g/mol. The van der Waals surface area contributed by atoms with Gasteiger partial charge in [-0.15, -0.1) is 5.10 Å². The third kappa shape index (κ3) is 2.42. The van der Waals surface area contributed by atoms with E-state index in [1.54, 1.807) is 12.4 Å². The summed E-state index contributed by atoms with van der Waals surface area (Å²) in [5.74, 6) is 1.57. The molecule has 3 rings (SSSR count). The van der Waals surface area contributed by atoms with Crippen LogP contribution in [0.4, 0.5) is 0 Å². The first-order chi connectivity index (χ1) is 9.38. The van der Waals surface area contributed by atoms with E-state index in [4.69, 9.17) is 0 Å². The van der Waals surface area contributed by atoms with Crippen LogP contribution in [0.5, 0.6) is 0 Å². The van der Waals surface area contributed by atoms with Gasteiger partial charge in [-0.2, -0.15) is 0 Å². The lowest BCUT2D eigenvalue weighted by Gasteiger charge is -2.01. The fourth-order valence-electron chi connectivity index (χ4n) is 1.83. The lowest BCUT2D eigenvalue weighted by atomic mass is 10.2. The van der Waals surface area contributed by atoms with E-state index < -0.39 is 0 Å². The third-order valence-electron chi connectivity index (χ3n) is 2.72. The van der Waals surface area contributed by atoms with Crippen LogP contribution in [0.1, 0.15) is 5.82 Å². The van der Waals surface area contributed by atoms with Crippen molar-refractivity contribution >= 4 is 15.9 Å². The number of hydrogen-bond donors (Lipinski definition) is 0. The molecule has 2 aromatic heterocycles. The first-order valence-corrected chi connectivity index (χ1v) is 6.98. The highest BCUT2D eigenvalue weighted by molar-refractivity contribution is 9.08. The van der Waals surface area contributed by atoms with Crippen molar-refractivity contribution in [3.63, 3.8) is 0 Å². The Hall–Kier alpha value is -2.01. The molecule has 0 saturated heterocycles. The van der Waals surface area contributed by atoms with Crippen LogP contribution in [0.25, 0.3) is 17.1 Å². The Kier molecular flexibility index (Phi) is 3.37. The van der Waals surface area contributed by atoms with E-state index in [0.29, 0.717) is 5.33 Å². The number of nitrogens with zero attached hydrogens (tertiary/aromatic N) is 4. The Labute approximate surface area is 119 Å². The van der Waals surface area contributed by atoms with Crippen molar-refractivity contribution in [2.24, 2.45) is 0 Å². The van der Waals surface area contributed by atoms with Crippen molar-refractivity contribution in [1.29, 1.82) is 0 Å². The second kappa shape index (κ2) is 5.32. The average Bonchev–Trinajstić information content (AvgIpc) is 2.93. The van der Waals surface area contributed by atoms with Crippen LogP contribution in [0, 0.1) is 0 Å². The fourth-order valence-corrected chi connectivity index (χ4v) is 2.19. The smallest absolute Gasteiger partial charge is 0.181 e. The molecular weight excluding hydrogens is 304 g/mol. The first-order valence-electron chi connectivity index (χ1n) is 5.86. The summed E-state index contributed by atoms with van der Waals surface area (Å²) in [4.78, 5) is 8.67. The quantitative estimate of drug-likeness (QED) is 0.697. The van der Waals surface area contributed by atoms with E-state index in [0.717, 1.165) is 22.9 Å². The summed E-state index contributed by atoms with van der Waals surface area (Å²) in [7, 11) is 0. The van der Waals surface area contributed by atoms with Gasteiger partial charge in [-0.25, -0.2) is 9.67 Å². The molecular formula is C14H11BrN4. The molecule has 3 aromatic rings. The van der Waals surface area contributed by atoms with Gasteiger partial charge in [0.2, 0.25) is 0 Å². The van der Waals surface area contributed by atoms with Crippen molar-refractivity contribution in [1.82, 2.24) is 19.7 Å². The summed E-state index contributed by atoms with van der Waals surface area (Å²) in [5.41, 5.74) is 1.92. The zero-order valence-electron chi connectivity index (χ0n) is 10.1. The van der Waals surface area contributed by atoms with E-state index >= 15 is 0 Å². The van der Waals surface area contributed by atoms with Gasteiger partial charge in [-0.3, -0.25) is 4.98 Å². The van der Waals surface area contributed by atoms with E-state index in [-0.39, 0.29) is 0 Å². The molecule has 0 unspecified atom stereocenters. The second-order valence-corrected chi connectivity index (χ2v) is 4.54. The lowest BCUT2D eigenvalue weighted by molar-refractivity contribution is 0.832. The Morgan fingerprint density at radius 2 is 1.89 bits per heavy atom. The summed E-state index contributed by atoms with van der Waals surface area (Å²) in [6.07, 6.45) is 3.52. The van der Waals surface area contributed by atoms with Gasteiger partial charge < -0.3 is 0 Å². The maximum atomic E-state index is 4.56. The lowest BCUT2D eigenvalue weighted by Crippen LogP contribution is -2.01. The Balaban J connectivity index is 2.09. The topological polar surface area (TPSA) is 43.6 Å². The molecule has 0 fully saturated rings. The summed E-state index contributed by atoms with van der Waals surface area (Å²) < 4.78 is 1.81. The molecule has 0 bridgehead atoms. The number of benzene rings is 1. The van der Waals surface area contributed by atoms with Crippen LogP contribution < -0.4 is 0 Å². The van der Waals surface area contributed by atoms with Gasteiger partial charge in [0.05, 0.1) is 17.2 Å². The molecule has 94 valence electrons. The molecule has 4 nitrogen and oxygen atoms in total. The molecule has 0 atom stereocenters. The number of halogens is 1. The van der Waals surface area contributed by atoms with E-state index in [9.17, 15) is 0 Å². The first kappa shape index (κ1) is 12.0. The molecule has 0 aliphatic rings. The van der Waals surface area contributed by atoms with Crippen LogP contribution >= 0.6 is 15.9 Å². The minimum absolute atomic E-state index is 0.641. The highest BCUT2D eigenvalue weighted by atomic mass is 79.9. The largest absolute Gasteiger partial charge is 0.262 e. The molecule has 0 N–H and O–H groups in total. The zero-order chi connectivity index (χ0) is 13.1. The predicted molar refractivity (Wildman–Crippen MR) is 77.2 cm³/mol. The molecule has 2 heterocycles. The van der Waals surface area contributed by atoms with E-state index in [2.05, 4.69) is 31.0 Å². The van der Waals surface area contributed by atoms with E-state index in [1.807, 2.05) is 47.1 Å². The number of rotatable bonds is 3. The minimum Gasteiger partial charge on any atom is -0.262 e. The summed E-state index contributed by atoms with van der Waals surface area (Å²) in [6, 6.07) is 13.8. The predicted octanol–water partition coefficient (Wildman–Crippen LogP) is 3.22. The van der Waals surface area contributed by atoms with Gasteiger partial charge in [0.1, 0.15) is 5.82 Å². The Bertz CT molecular complexity index is 664. The van der Waals surface area contributed by atoms with Crippen molar-refractivity contribution in [2.45, 2.75) is 5.33 Å².